The van der Waals surface area contributed by atoms with Crippen LogP contribution in [0.5, 0.6) is 0 Å². The first-order chi connectivity index (χ1) is 5.15. The molecule has 4 nitrogen and oxygen atoms in total. The minimum Gasteiger partial charge on any atom is -0.390 e. The molecule has 0 saturated carbocycles. The first-order valence-electron chi connectivity index (χ1n) is 3.40. The van der Waals surface area contributed by atoms with E-state index < -0.39 is 18.5 Å². The molecule has 1 rings (SSSR count). The van der Waals surface area contributed by atoms with E-state index in [-0.39, 0.29) is 18.4 Å². The van der Waals surface area contributed by atoms with Gasteiger partial charge in [0.05, 0.1) is 12.2 Å². The van der Waals surface area contributed by atoms with Gasteiger partial charge in [-0.15, -0.1) is 11.6 Å². The fourth-order valence-corrected chi connectivity index (χ4v) is 1.23. The molecule has 0 aromatic carbocycles. The fraction of sp³-hybridized carbons (Fsp3) is 1.00. The van der Waals surface area contributed by atoms with E-state index in [2.05, 4.69) is 0 Å². The van der Waals surface area contributed by atoms with Crippen molar-refractivity contribution in [2.24, 2.45) is 0 Å². The smallest absolute Gasteiger partial charge is 0.183 e. The van der Waals surface area contributed by atoms with Gasteiger partial charge in [-0.2, -0.15) is 0 Å². The second-order valence-corrected chi connectivity index (χ2v) is 2.91. The highest BCUT2D eigenvalue weighted by Crippen LogP contribution is 2.19. The molecule has 0 amide bonds. The average Bonchev–Trinajstić information content (AvgIpc) is 1.99. The van der Waals surface area contributed by atoms with E-state index in [1.165, 1.54) is 0 Å². The molecule has 11 heavy (non-hydrogen) atoms. The summed E-state index contributed by atoms with van der Waals surface area (Å²) in [7, 11) is 0. The van der Waals surface area contributed by atoms with Gasteiger partial charge in [0.15, 0.2) is 6.29 Å². The Morgan fingerprint density at radius 1 is 1.36 bits per heavy atom. The number of rotatable bonds is 1. The van der Waals surface area contributed by atoms with E-state index in [1.54, 1.807) is 0 Å². The molecule has 1 fully saturated rings. The van der Waals surface area contributed by atoms with E-state index in [0.29, 0.717) is 0 Å². The summed E-state index contributed by atoms with van der Waals surface area (Å²) < 4.78 is 4.83. The van der Waals surface area contributed by atoms with Gasteiger partial charge in [-0.05, 0) is 0 Å². The number of aliphatic hydroxyl groups is 3. The summed E-state index contributed by atoms with van der Waals surface area (Å²) in [6.07, 6.45) is -3.58. The van der Waals surface area contributed by atoms with Crippen LogP contribution in [0.1, 0.15) is 6.42 Å². The highest BCUT2D eigenvalue weighted by molar-refractivity contribution is 6.18. The van der Waals surface area contributed by atoms with Crippen molar-refractivity contribution in [3.05, 3.63) is 0 Å². The van der Waals surface area contributed by atoms with Crippen molar-refractivity contribution in [3.63, 3.8) is 0 Å². The molecule has 0 spiro atoms. The fourth-order valence-electron chi connectivity index (χ4n) is 1.03. The first-order valence-corrected chi connectivity index (χ1v) is 3.94. The van der Waals surface area contributed by atoms with E-state index in [4.69, 9.17) is 31.7 Å². The van der Waals surface area contributed by atoms with Gasteiger partial charge in [0, 0.05) is 12.3 Å². The molecule has 0 bridgehead atoms. The van der Waals surface area contributed by atoms with Crippen LogP contribution in [0.2, 0.25) is 0 Å². The number of hydrogen-bond acceptors (Lipinski definition) is 4. The molecular formula is C6H11ClO4. The Labute approximate surface area is 69.4 Å². The lowest BCUT2D eigenvalue weighted by atomic mass is 10.0. The Balaban J connectivity index is 2.47. The zero-order valence-electron chi connectivity index (χ0n) is 5.85. The second kappa shape index (κ2) is 3.69. The minimum atomic E-state index is -1.32. The van der Waals surface area contributed by atoms with E-state index >= 15 is 0 Å². The summed E-state index contributed by atoms with van der Waals surface area (Å²) in [5, 5.41) is 27.1. The van der Waals surface area contributed by atoms with Crippen molar-refractivity contribution in [3.8, 4) is 0 Å². The van der Waals surface area contributed by atoms with Gasteiger partial charge in [0.25, 0.3) is 0 Å². The predicted molar refractivity (Wildman–Crippen MR) is 38.2 cm³/mol. The topological polar surface area (TPSA) is 69.9 Å². The summed E-state index contributed by atoms with van der Waals surface area (Å²) in [5.74, 6) is 0.209. The van der Waals surface area contributed by atoms with Crippen LogP contribution in [-0.2, 0) is 4.74 Å². The Hall–Kier alpha value is 0.130. The van der Waals surface area contributed by atoms with Crippen LogP contribution >= 0.6 is 11.6 Å². The number of ether oxygens (including phenoxy) is 1. The molecule has 1 saturated heterocycles. The molecule has 0 aliphatic carbocycles. The summed E-state index contributed by atoms with van der Waals surface area (Å²) in [5.41, 5.74) is 0. The quantitative estimate of drug-likeness (QED) is 0.458. The lowest BCUT2D eigenvalue weighted by Crippen LogP contribution is -2.48. The first kappa shape index (κ1) is 9.22. The molecule has 1 heterocycles. The van der Waals surface area contributed by atoms with Crippen molar-refractivity contribution in [2.75, 3.05) is 5.88 Å². The number of hydrogen-bond donors (Lipinski definition) is 3. The minimum absolute atomic E-state index is 0.209. The zero-order chi connectivity index (χ0) is 8.43. The van der Waals surface area contributed by atoms with Crippen LogP contribution in [0, 0.1) is 0 Å². The third-order valence-electron chi connectivity index (χ3n) is 1.69. The Bertz CT molecular complexity index is 120. The molecule has 2 unspecified atom stereocenters. The highest BCUT2D eigenvalue weighted by Gasteiger charge is 2.34. The summed E-state index contributed by atoms with van der Waals surface area (Å²) in [6.45, 7) is 0. The van der Waals surface area contributed by atoms with Crippen molar-refractivity contribution < 1.29 is 20.1 Å². The highest BCUT2D eigenvalue weighted by atomic mass is 35.5. The van der Waals surface area contributed by atoms with Gasteiger partial charge >= 0.3 is 0 Å². The third kappa shape index (κ3) is 2.04. The summed E-state index contributed by atoms with van der Waals surface area (Å²) >= 11 is 5.43. The lowest BCUT2D eigenvalue weighted by molar-refractivity contribution is -0.242. The number of halogens is 1. The molecule has 4 atom stereocenters. The van der Waals surface area contributed by atoms with E-state index in [1.807, 2.05) is 0 Å². The van der Waals surface area contributed by atoms with Gasteiger partial charge < -0.3 is 20.1 Å². The molecule has 5 heteroatoms. The third-order valence-corrected chi connectivity index (χ3v) is 2.04. The average molecular weight is 183 g/mol. The Morgan fingerprint density at radius 2 is 2.00 bits per heavy atom. The maximum atomic E-state index is 9.10. The largest absolute Gasteiger partial charge is 0.390 e. The lowest BCUT2D eigenvalue weighted by Gasteiger charge is -2.33. The molecule has 0 aromatic rings. The molecule has 3 N–H and O–H groups in total. The molecule has 1 aliphatic rings. The maximum Gasteiger partial charge on any atom is 0.183 e. The van der Waals surface area contributed by atoms with Gasteiger partial charge in [0.1, 0.15) is 6.10 Å². The van der Waals surface area contributed by atoms with Crippen molar-refractivity contribution in [1.82, 2.24) is 0 Å². The van der Waals surface area contributed by atoms with Crippen LogP contribution in [0.25, 0.3) is 0 Å². The molecule has 66 valence electrons. The van der Waals surface area contributed by atoms with Crippen LogP contribution in [0.3, 0.4) is 0 Å². The standard InChI is InChI=1S/C6H11ClO4/c7-2-3-1-4(8)5(9)6(10)11-3/h3-6,8-10H,1-2H2/t3?,4-,5?,6-/m0/s1. The zero-order valence-corrected chi connectivity index (χ0v) is 6.61. The van der Waals surface area contributed by atoms with Gasteiger partial charge in [-0.1, -0.05) is 0 Å². The monoisotopic (exact) mass is 182 g/mol. The number of aliphatic hydroxyl groups excluding tert-OH is 3. The van der Waals surface area contributed by atoms with E-state index in [9.17, 15) is 0 Å². The molecular weight excluding hydrogens is 172 g/mol. The van der Waals surface area contributed by atoms with Gasteiger partial charge in [0.2, 0.25) is 0 Å². The van der Waals surface area contributed by atoms with Crippen molar-refractivity contribution in [2.45, 2.75) is 31.0 Å². The van der Waals surface area contributed by atoms with E-state index in [0.717, 1.165) is 0 Å². The van der Waals surface area contributed by atoms with Crippen LogP contribution in [0.15, 0.2) is 0 Å². The van der Waals surface area contributed by atoms with Gasteiger partial charge in [-0.25, -0.2) is 0 Å². The summed E-state index contributed by atoms with van der Waals surface area (Å²) in [6, 6.07) is 0. The van der Waals surface area contributed by atoms with Crippen molar-refractivity contribution in [1.29, 1.82) is 0 Å². The summed E-state index contributed by atoms with van der Waals surface area (Å²) in [4.78, 5) is 0. The maximum absolute atomic E-state index is 9.10. The van der Waals surface area contributed by atoms with Crippen LogP contribution in [-0.4, -0.2) is 45.8 Å². The Kier molecular flexibility index (Phi) is 3.09. The number of alkyl halides is 1. The second-order valence-electron chi connectivity index (χ2n) is 2.60. The molecule has 0 radical (unpaired) electrons. The molecule has 0 aromatic heterocycles. The Morgan fingerprint density at radius 3 is 2.45 bits per heavy atom. The van der Waals surface area contributed by atoms with Crippen LogP contribution < -0.4 is 0 Å². The SMILES string of the molecule is OC1[C@@H](O)CC(CCl)O[C@@H]1O. The predicted octanol–water partition coefficient (Wildman–Crippen LogP) is -0.946. The van der Waals surface area contributed by atoms with Gasteiger partial charge in [-0.3, -0.25) is 0 Å². The van der Waals surface area contributed by atoms with Crippen molar-refractivity contribution >= 4 is 11.6 Å². The normalized spacial score (nSPS) is 45.8. The molecule has 1 aliphatic heterocycles. The van der Waals surface area contributed by atoms with Crippen LogP contribution in [0.4, 0.5) is 0 Å².